The van der Waals surface area contributed by atoms with Gasteiger partial charge in [0, 0.05) is 6.54 Å². The first-order chi connectivity index (χ1) is 26.3. The maximum Gasteiger partial charge on any atom is 0.315 e. The van der Waals surface area contributed by atoms with Gasteiger partial charge in [0.25, 0.3) is 5.91 Å². The van der Waals surface area contributed by atoms with Gasteiger partial charge < -0.3 is 31.3 Å². The Hall–Kier alpha value is -4.46. The highest BCUT2D eigenvalue weighted by molar-refractivity contribution is 7.91. The van der Waals surface area contributed by atoms with Gasteiger partial charge in [-0.25, -0.2) is 13.2 Å². The number of hydrogen-bond donors (Lipinski definition) is 4. The van der Waals surface area contributed by atoms with Crippen molar-refractivity contribution in [2.24, 2.45) is 34.3 Å². The van der Waals surface area contributed by atoms with Crippen LogP contribution in [0.5, 0.6) is 5.75 Å². The van der Waals surface area contributed by atoms with E-state index in [0.717, 1.165) is 37.7 Å². The molecule has 56 heavy (non-hydrogen) atoms. The zero-order valence-electron chi connectivity index (χ0n) is 33.1. The zero-order chi connectivity index (χ0) is 40.6. The van der Waals surface area contributed by atoms with Gasteiger partial charge in [-0.1, -0.05) is 103 Å². The van der Waals surface area contributed by atoms with Gasteiger partial charge in [0.15, 0.2) is 9.84 Å². The molecule has 4 fully saturated rings. The second kappa shape index (κ2) is 15.8. The summed E-state index contributed by atoms with van der Waals surface area (Å²) in [6, 6.07) is 12.2. The molecule has 0 aromatic heterocycles. The number of Topliss-reactive ketones (excluding diaryl/α,β-unsaturated/α-hetero) is 1. The van der Waals surface area contributed by atoms with Crippen molar-refractivity contribution >= 4 is 39.4 Å². The molecule has 1 aliphatic heterocycles. The first kappa shape index (κ1) is 41.2. The van der Waals surface area contributed by atoms with Crippen LogP contribution in [0, 0.1) is 28.6 Å². The van der Waals surface area contributed by atoms with Gasteiger partial charge in [-0.05, 0) is 71.6 Å². The number of ketones is 1. The van der Waals surface area contributed by atoms with Crippen LogP contribution in [0.4, 0.5) is 4.79 Å². The van der Waals surface area contributed by atoms with Crippen molar-refractivity contribution in [3.63, 3.8) is 0 Å². The zero-order valence-corrected chi connectivity index (χ0v) is 34.0. The van der Waals surface area contributed by atoms with Crippen LogP contribution in [0.2, 0.25) is 0 Å². The SMILES string of the molecule is CC(C)(C)[C@H](NC(=O)NC1(CS(=O)(=O)c2cccc(OCc3ccccc3)c2)CCCCC1)C(=O)N1C[C@H]2[C@@H]([C@H]1C(=O)NC(CC1CC1)C(=O)C(N)=O)C2(C)C. The Bertz CT molecular complexity index is 1930. The maximum atomic E-state index is 14.6. The number of nitrogens with one attached hydrogen (secondary N) is 3. The minimum Gasteiger partial charge on any atom is -0.489 e. The summed E-state index contributed by atoms with van der Waals surface area (Å²) in [5.74, 6) is -2.79. The minimum absolute atomic E-state index is 0.0309. The van der Waals surface area contributed by atoms with Crippen LogP contribution in [0.1, 0.15) is 91.5 Å². The average Bonchev–Trinajstić information content (AvgIpc) is 3.99. The number of amides is 5. The van der Waals surface area contributed by atoms with Crippen molar-refractivity contribution in [2.45, 2.75) is 121 Å². The Balaban J connectivity index is 1.17. The van der Waals surface area contributed by atoms with E-state index in [1.807, 2.05) is 65.0 Å². The lowest BCUT2D eigenvalue weighted by Gasteiger charge is -2.40. The number of fused-ring (bicyclic) bond motifs is 1. The van der Waals surface area contributed by atoms with E-state index in [1.165, 1.54) is 17.0 Å². The molecule has 0 spiro atoms. The standard InChI is InChI=1S/C42H57N5O8S/c1-40(2,3)35(38(51)47-23-30-32(41(30,4)5)33(47)37(50)44-31(21-26-17-18-26)34(48)36(43)49)45-39(52)46-42(19-10-7-11-20-42)25-56(53,54)29-16-12-15-28(22-29)55-24-27-13-8-6-9-14-27/h6,8-9,12-16,22,26,30-33,35H,7,10-11,17-21,23-25H2,1-5H3,(H2,43,49)(H,44,50)(H2,45,46,52)/t30-,31?,32-,33-,35+/m0/s1. The molecule has 6 rings (SSSR count). The van der Waals surface area contributed by atoms with E-state index in [9.17, 15) is 32.4 Å². The average molecular weight is 792 g/mol. The summed E-state index contributed by atoms with van der Waals surface area (Å²) < 4.78 is 33.9. The van der Waals surface area contributed by atoms with Gasteiger partial charge in [0.05, 0.1) is 22.2 Å². The summed E-state index contributed by atoms with van der Waals surface area (Å²) in [5.41, 5.74) is 4.16. The van der Waals surface area contributed by atoms with Gasteiger partial charge in [-0.3, -0.25) is 19.2 Å². The van der Waals surface area contributed by atoms with E-state index >= 15 is 0 Å². The number of nitrogens with two attached hydrogens (primary N) is 1. The number of benzene rings is 2. The van der Waals surface area contributed by atoms with Crippen molar-refractivity contribution in [1.82, 2.24) is 20.9 Å². The van der Waals surface area contributed by atoms with E-state index in [4.69, 9.17) is 10.5 Å². The largest absolute Gasteiger partial charge is 0.489 e. The third-order valence-corrected chi connectivity index (χ3v) is 14.3. The lowest BCUT2D eigenvalue weighted by atomic mass is 9.83. The van der Waals surface area contributed by atoms with Crippen LogP contribution in [-0.2, 0) is 35.6 Å². The van der Waals surface area contributed by atoms with Gasteiger partial charge in [0.2, 0.25) is 17.6 Å². The summed E-state index contributed by atoms with van der Waals surface area (Å²) in [6.45, 7) is 10.1. The van der Waals surface area contributed by atoms with E-state index in [2.05, 4.69) is 16.0 Å². The second-order valence-electron chi connectivity index (χ2n) is 18.1. The van der Waals surface area contributed by atoms with Crippen LogP contribution >= 0.6 is 0 Å². The molecule has 3 aliphatic carbocycles. The molecule has 1 unspecified atom stereocenters. The number of carbonyl (C=O) groups is 5. The number of primary amides is 1. The molecule has 0 radical (unpaired) electrons. The molecule has 5 atom stereocenters. The molecule has 13 nitrogen and oxygen atoms in total. The van der Waals surface area contributed by atoms with Crippen LogP contribution in [0.3, 0.4) is 0 Å². The first-order valence-electron chi connectivity index (χ1n) is 19.8. The highest BCUT2D eigenvalue weighted by Gasteiger charge is 2.70. The molecule has 3 saturated carbocycles. The number of hydrogen-bond acceptors (Lipinski definition) is 8. The molecular formula is C42H57N5O8S. The van der Waals surface area contributed by atoms with Gasteiger partial charge in [0.1, 0.15) is 24.4 Å². The van der Waals surface area contributed by atoms with Gasteiger partial charge in [-0.15, -0.1) is 0 Å². The smallest absolute Gasteiger partial charge is 0.315 e. The van der Waals surface area contributed by atoms with E-state index in [1.54, 1.807) is 12.1 Å². The monoisotopic (exact) mass is 791 g/mol. The number of carbonyl (C=O) groups excluding carboxylic acids is 5. The molecule has 1 heterocycles. The summed E-state index contributed by atoms with van der Waals surface area (Å²) in [6.07, 6.45) is 5.34. The molecular weight excluding hydrogens is 735 g/mol. The number of piperidine rings is 1. The van der Waals surface area contributed by atoms with E-state index in [0.29, 0.717) is 25.0 Å². The molecule has 2 aromatic carbocycles. The molecule has 2 aromatic rings. The second-order valence-corrected chi connectivity index (χ2v) is 20.1. The Morgan fingerprint density at radius 1 is 0.946 bits per heavy atom. The first-order valence-corrected chi connectivity index (χ1v) is 21.5. The summed E-state index contributed by atoms with van der Waals surface area (Å²) in [4.78, 5) is 68.8. The normalized spacial score (nSPS) is 23.5. The predicted molar refractivity (Wildman–Crippen MR) is 210 cm³/mol. The topological polar surface area (TPSA) is 194 Å². The fourth-order valence-electron chi connectivity index (χ4n) is 8.86. The summed E-state index contributed by atoms with van der Waals surface area (Å²) in [5, 5.41) is 8.68. The van der Waals surface area contributed by atoms with Crippen molar-refractivity contribution < 1.29 is 37.1 Å². The number of likely N-dealkylation sites (tertiary alicyclic amines) is 1. The van der Waals surface area contributed by atoms with Crippen LogP contribution < -0.4 is 26.4 Å². The van der Waals surface area contributed by atoms with Crippen molar-refractivity contribution in [1.29, 1.82) is 0 Å². The predicted octanol–water partition coefficient (Wildman–Crippen LogP) is 4.28. The number of urea groups is 1. The number of nitrogens with zero attached hydrogens (tertiary/aromatic N) is 1. The molecule has 5 amide bonds. The lowest BCUT2D eigenvalue weighted by molar-refractivity contribution is -0.145. The Morgan fingerprint density at radius 3 is 2.25 bits per heavy atom. The quantitative estimate of drug-likeness (QED) is 0.192. The molecule has 5 N–H and O–H groups in total. The van der Waals surface area contributed by atoms with Crippen molar-refractivity contribution in [3.05, 3.63) is 60.2 Å². The lowest BCUT2D eigenvalue weighted by Crippen LogP contribution is -2.63. The highest BCUT2D eigenvalue weighted by Crippen LogP contribution is 2.65. The molecule has 4 aliphatic rings. The number of rotatable bonds is 15. The third-order valence-electron chi connectivity index (χ3n) is 12.4. The molecule has 1 saturated heterocycles. The van der Waals surface area contributed by atoms with E-state index < -0.39 is 68.5 Å². The van der Waals surface area contributed by atoms with Crippen molar-refractivity contribution in [3.8, 4) is 5.75 Å². The highest BCUT2D eigenvalue weighted by atomic mass is 32.2. The molecule has 0 bridgehead atoms. The molecule has 14 heteroatoms. The van der Waals surface area contributed by atoms with Gasteiger partial charge >= 0.3 is 6.03 Å². The fourth-order valence-corrected chi connectivity index (χ4v) is 10.7. The minimum atomic E-state index is -3.91. The van der Waals surface area contributed by atoms with Crippen LogP contribution in [-0.4, -0.2) is 78.8 Å². The Labute approximate surface area is 330 Å². The summed E-state index contributed by atoms with van der Waals surface area (Å²) in [7, 11) is -3.91. The van der Waals surface area contributed by atoms with Crippen LogP contribution in [0.15, 0.2) is 59.5 Å². The maximum absolute atomic E-state index is 14.6. The summed E-state index contributed by atoms with van der Waals surface area (Å²) >= 11 is 0. The van der Waals surface area contributed by atoms with Crippen molar-refractivity contribution in [2.75, 3.05) is 12.3 Å². The Kier molecular flexibility index (Phi) is 11.6. The van der Waals surface area contributed by atoms with Crippen LogP contribution in [0.25, 0.3) is 0 Å². The number of ether oxygens (including phenoxy) is 1. The third kappa shape index (κ3) is 9.22. The molecule has 304 valence electrons. The fraction of sp³-hybridized carbons (Fsp3) is 0.595. The number of sulfone groups is 1. The van der Waals surface area contributed by atoms with Gasteiger partial charge in [-0.2, -0.15) is 0 Å². The van der Waals surface area contributed by atoms with E-state index in [-0.39, 0.29) is 47.0 Å². The Morgan fingerprint density at radius 2 is 1.62 bits per heavy atom.